The summed E-state index contributed by atoms with van der Waals surface area (Å²) in [7, 11) is 0. The number of carbonyl (C=O) groups excluding carboxylic acids is 2. The van der Waals surface area contributed by atoms with Crippen molar-refractivity contribution in [3.8, 4) is 0 Å². The van der Waals surface area contributed by atoms with E-state index in [1.165, 1.54) is 0 Å². The topological polar surface area (TPSA) is 79.5 Å². The fraction of sp³-hybridized carbons (Fsp3) is 0.222. The SMILES string of the molecule is CCOC(=O)Nc1cccc(NCC(=O)Nc2ccccc2I)c1C. The summed E-state index contributed by atoms with van der Waals surface area (Å²) in [6.07, 6.45) is -0.501. The second-order valence-corrected chi connectivity index (χ2v) is 6.37. The summed E-state index contributed by atoms with van der Waals surface area (Å²) < 4.78 is 5.86. The molecule has 132 valence electrons. The van der Waals surface area contributed by atoms with Gasteiger partial charge in [0.05, 0.1) is 18.8 Å². The molecule has 0 aliphatic rings. The maximum absolute atomic E-state index is 12.1. The molecule has 7 heteroatoms. The number of amides is 2. The molecule has 0 saturated heterocycles. The van der Waals surface area contributed by atoms with Gasteiger partial charge in [-0.15, -0.1) is 0 Å². The van der Waals surface area contributed by atoms with Gasteiger partial charge in [0, 0.05) is 14.9 Å². The summed E-state index contributed by atoms with van der Waals surface area (Å²) in [6, 6.07) is 13.0. The van der Waals surface area contributed by atoms with Crippen molar-refractivity contribution in [1.82, 2.24) is 0 Å². The van der Waals surface area contributed by atoms with E-state index in [2.05, 4.69) is 38.5 Å². The fourth-order valence-corrected chi connectivity index (χ4v) is 2.69. The first-order chi connectivity index (χ1) is 12.0. The molecule has 0 saturated carbocycles. The minimum Gasteiger partial charge on any atom is -0.450 e. The van der Waals surface area contributed by atoms with Gasteiger partial charge in [-0.3, -0.25) is 10.1 Å². The standard InChI is InChI=1S/C18H20IN3O3/c1-3-25-18(24)22-15-10-6-9-14(12(15)2)20-11-17(23)21-16-8-5-4-7-13(16)19/h4-10,20H,3,11H2,1-2H3,(H,21,23)(H,22,24). The molecule has 0 heterocycles. The van der Waals surface area contributed by atoms with Crippen LogP contribution in [0.4, 0.5) is 21.9 Å². The quantitative estimate of drug-likeness (QED) is 0.573. The van der Waals surface area contributed by atoms with Crippen LogP contribution in [0.3, 0.4) is 0 Å². The first-order valence-electron chi connectivity index (χ1n) is 7.83. The number of halogens is 1. The molecular formula is C18H20IN3O3. The number of anilines is 3. The zero-order valence-corrected chi connectivity index (χ0v) is 16.2. The van der Waals surface area contributed by atoms with E-state index in [4.69, 9.17) is 4.74 Å². The van der Waals surface area contributed by atoms with Gasteiger partial charge < -0.3 is 15.4 Å². The van der Waals surface area contributed by atoms with Gasteiger partial charge in [0.25, 0.3) is 0 Å². The van der Waals surface area contributed by atoms with Crippen LogP contribution in [0.5, 0.6) is 0 Å². The lowest BCUT2D eigenvalue weighted by molar-refractivity contribution is -0.114. The molecule has 0 spiro atoms. The Morgan fingerprint density at radius 2 is 1.68 bits per heavy atom. The van der Waals surface area contributed by atoms with Crippen LogP contribution < -0.4 is 16.0 Å². The molecule has 6 nitrogen and oxygen atoms in total. The van der Waals surface area contributed by atoms with Crippen molar-refractivity contribution < 1.29 is 14.3 Å². The Bertz CT molecular complexity index is 765. The van der Waals surface area contributed by atoms with Crippen molar-refractivity contribution in [3.05, 3.63) is 51.6 Å². The number of nitrogens with one attached hydrogen (secondary N) is 3. The molecule has 0 radical (unpaired) electrons. The van der Waals surface area contributed by atoms with E-state index in [0.29, 0.717) is 12.3 Å². The molecule has 2 aromatic carbocycles. The van der Waals surface area contributed by atoms with Crippen LogP contribution >= 0.6 is 22.6 Å². The van der Waals surface area contributed by atoms with Crippen LogP contribution in [0.1, 0.15) is 12.5 Å². The van der Waals surface area contributed by atoms with Gasteiger partial charge in [0.1, 0.15) is 0 Å². The monoisotopic (exact) mass is 453 g/mol. The first-order valence-corrected chi connectivity index (χ1v) is 8.90. The number of benzene rings is 2. The maximum atomic E-state index is 12.1. The molecule has 0 aromatic heterocycles. The van der Waals surface area contributed by atoms with Crippen LogP contribution in [0.2, 0.25) is 0 Å². The van der Waals surface area contributed by atoms with Gasteiger partial charge in [-0.05, 0) is 66.3 Å². The van der Waals surface area contributed by atoms with E-state index in [-0.39, 0.29) is 12.5 Å². The number of ether oxygens (including phenoxy) is 1. The minimum absolute atomic E-state index is 0.120. The van der Waals surface area contributed by atoms with Crippen molar-refractivity contribution >= 4 is 51.7 Å². The summed E-state index contributed by atoms with van der Waals surface area (Å²) in [6.45, 7) is 4.04. The Kier molecular flexibility index (Phi) is 7.05. The molecule has 2 aromatic rings. The highest BCUT2D eigenvalue weighted by molar-refractivity contribution is 14.1. The average molecular weight is 453 g/mol. The van der Waals surface area contributed by atoms with Gasteiger partial charge >= 0.3 is 6.09 Å². The number of hydrogen-bond acceptors (Lipinski definition) is 4. The molecule has 25 heavy (non-hydrogen) atoms. The predicted octanol–water partition coefficient (Wildman–Crippen LogP) is 4.22. The van der Waals surface area contributed by atoms with Gasteiger partial charge in [0.2, 0.25) is 5.91 Å². The van der Waals surface area contributed by atoms with E-state index in [0.717, 1.165) is 20.5 Å². The Morgan fingerprint density at radius 1 is 1.00 bits per heavy atom. The van der Waals surface area contributed by atoms with Gasteiger partial charge in [-0.2, -0.15) is 0 Å². The summed E-state index contributed by atoms with van der Waals surface area (Å²) in [5, 5.41) is 8.64. The highest BCUT2D eigenvalue weighted by Gasteiger charge is 2.10. The molecule has 0 aliphatic heterocycles. The van der Waals surface area contributed by atoms with Crippen LogP contribution in [0.25, 0.3) is 0 Å². The van der Waals surface area contributed by atoms with Crippen LogP contribution in [0.15, 0.2) is 42.5 Å². The third-order valence-electron chi connectivity index (χ3n) is 3.43. The molecule has 0 aliphatic carbocycles. The maximum Gasteiger partial charge on any atom is 0.411 e. The average Bonchev–Trinajstić information content (AvgIpc) is 2.58. The lowest BCUT2D eigenvalue weighted by Gasteiger charge is -2.14. The molecule has 2 amide bonds. The Hall–Kier alpha value is -2.29. The van der Waals surface area contributed by atoms with Crippen LogP contribution in [0, 0.1) is 10.5 Å². The Morgan fingerprint density at radius 3 is 2.40 bits per heavy atom. The second-order valence-electron chi connectivity index (χ2n) is 5.21. The summed E-state index contributed by atoms with van der Waals surface area (Å²) in [5.41, 5.74) is 3.02. The van der Waals surface area contributed by atoms with Gasteiger partial charge in [0.15, 0.2) is 0 Å². The van der Waals surface area contributed by atoms with Crippen molar-refractivity contribution in [2.45, 2.75) is 13.8 Å². The van der Waals surface area contributed by atoms with Gasteiger partial charge in [-0.25, -0.2) is 4.79 Å². The number of rotatable bonds is 6. The molecule has 3 N–H and O–H groups in total. The number of para-hydroxylation sites is 1. The van der Waals surface area contributed by atoms with E-state index in [1.807, 2.05) is 37.3 Å². The summed E-state index contributed by atoms with van der Waals surface area (Å²) in [5.74, 6) is -0.146. The zero-order chi connectivity index (χ0) is 18.2. The minimum atomic E-state index is -0.501. The largest absolute Gasteiger partial charge is 0.450 e. The molecule has 0 atom stereocenters. The lowest BCUT2D eigenvalue weighted by atomic mass is 10.1. The summed E-state index contributed by atoms with van der Waals surface area (Å²) >= 11 is 2.17. The smallest absolute Gasteiger partial charge is 0.411 e. The summed E-state index contributed by atoms with van der Waals surface area (Å²) in [4.78, 5) is 23.7. The Labute approximate surface area is 160 Å². The van der Waals surface area contributed by atoms with Crippen molar-refractivity contribution in [3.63, 3.8) is 0 Å². The van der Waals surface area contributed by atoms with Crippen molar-refractivity contribution in [2.24, 2.45) is 0 Å². The molecule has 0 unspecified atom stereocenters. The molecule has 2 rings (SSSR count). The molecule has 0 fully saturated rings. The third-order valence-corrected chi connectivity index (χ3v) is 4.37. The molecular weight excluding hydrogens is 433 g/mol. The molecule has 0 bridgehead atoms. The van der Waals surface area contributed by atoms with Crippen LogP contribution in [-0.2, 0) is 9.53 Å². The normalized spacial score (nSPS) is 10.0. The number of hydrogen-bond donors (Lipinski definition) is 3. The lowest BCUT2D eigenvalue weighted by Crippen LogP contribution is -2.22. The third kappa shape index (κ3) is 5.63. The van der Waals surface area contributed by atoms with E-state index >= 15 is 0 Å². The van der Waals surface area contributed by atoms with Crippen LogP contribution in [-0.4, -0.2) is 25.2 Å². The first kappa shape index (κ1) is 19.0. The van der Waals surface area contributed by atoms with E-state index in [9.17, 15) is 9.59 Å². The fourth-order valence-electron chi connectivity index (χ4n) is 2.17. The number of carbonyl (C=O) groups is 2. The van der Waals surface area contributed by atoms with Gasteiger partial charge in [-0.1, -0.05) is 18.2 Å². The Balaban J connectivity index is 1.97. The van der Waals surface area contributed by atoms with Crippen molar-refractivity contribution in [1.29, 1.82) is 0 Å². The van der Waals surface area contributed by atoms with E-state index in [1.54, 1.807) is 19.1 Å². The highest BCUT2D eigenvalue weighted by atomic mass is 127. The zero-order valence-electron chi connectivity index (χ0n) is 14.1. The highest BCUT2D eigenvalue weighted by Crippen LogP contribution is 2.23. The second kappa shape index (κ2) is 9.26. The van der Waals surface area contributed by atoms with E-state index < -0.39 is 6.09 Å². The predicted molar refractivity (Wildman–Crippen MR) is 108 cm³/mol. The van der Waals surface area contributed by atoms with Crippen molar-refractivity contribution in [2.75, 3.05) is 29.1 Å².